The van der Waals surface area contributed by atoms with E-state index in [9.17, 15) is 18.4 Å². The smallest absolute Gasteiger partial charge is 0.387 e. The number of nitrogens with one attached hydrogen (secondary N) is 1. The van der Waals surface area contributed by atoms with E-state index in [1.54, 1.807) is 0 Å². The number of rotatable bonds is 6. The second-order valence-electron chi connectivity index (χ2n) is 6.70. The molecular weight excluding hydrogens is 344 g/mol. The Hall–Kier alpha value is -2.22. The molecule has 1 saturated heterocycles. The van der Waals surface area contributed by atoms with Crippen LogP contribution in [0.3, 0.4) is 0 Å². The summed E-state index contributed by atoms with van der Waals surface area (Å²) in [5, 5.41) is 2.78. The molecule has 2 fully saturated rings. The van der Waals surface area contributed by atoms with Gasteiger partial charge in [0.05, 0.1) is 6.04 Å². The monoisotopic (exact) mass is 367 g/mol. The lowest BCUT2D eigenvalue weighted by molar-refractivity contribution is -0.135. The van der Waals surface area contributed by atoms with Crippen LogP contribution in [0.25, 0.3) is 0 Å². The van der Waals surface area contributed by atoms with Gasteiger partial charge in [-0.15, -0.1) is 0 Å². The Kier molecular flexibility index (Phi) is 5.70. The molecule has 1 saturated carbocycles. The van der Waals surface area contributed by atoms with Crippen molar-refractivity contribution in [3.63, 3.8) is 0 Å². The fourth-order valence-electron chi connectivity index (χ4n) is 3.05. The number of halogens is 2. The van der Waals surface area contributed by atoms with Gasteiger partial charge in [-0.25, -0.2) is 0 Å². The summed E-state index contributed by atoms with van der Waals surface area (Å²) in [4.78, 5) is 28.4. The third-order valence-corrected chi connectivity index (χ3v) is 4.83. The summed E-state index contributed by atoms with van der Waals surface area (Å²) in [6, 6.07) is 5.47. The van der Waals surface area contributed by atoms with Crippen LogP contribution < -0.4 is 10.1 Å². The topological polar surface area (TPSA) is 61.9 Å². The van der Waals surface area contributed by atoms with Crippen LogP contribution in [0.5, 0.6) is 5.75 Å². The summed E-state index contributed by atoms with van der Waals surface area (Å²) in [6.07, 6.45) is 2.00. The summed E-state index contributed by atoms with van der Waals surface area (Å²) in [5.74, 6) is 0.337. The SMILES string of the molecule is C[C@H](C(=O)Nc1ccc(OC(F)F)cc1)N1CCN(C(=O)C2CC2)CC1. The van der Waals surface area contributed by atoms with Crippen molar-refractivity contribution in [1.29, 1.82) is 0 Å². The molecule has 1 heterocycles. The minimum Gasteiger partial charge on any atom is -0.435 e. The van der Waals surface area contributed by atoms with E-state index in [4.69, 9.17) is 0 Å². The highest BCUT2D eigenvalue weighted by Crippen LogP contribution is 2.31. The molecule has 1 aromatic carbocycles. The first-order valence-electron chi connectivity index (χ1n) is 8.82. The summed E-state index contributed by atoms with van der Waals surface area (Å²) < 4.78 is 28.6. The maximum atomic E-state index is 12.4. The molecule has 3 rings (SSSR count). The standard InChI is InChI=1S/C18H23F2N3O3/c1-12(22-8-10-23(11-9-22)17(25)13-2-3-13)16(24)21-14-4-6-15(7-5-14)26-18(19)20/h4-7,12-13,18H,2-3,8-11H2,1H3,(H,21,24)/t12-/m1/s1. The lowest BCUT2D eigenvalue weighted by Gasteiger charge is -2.37. The average molecular weight is 367 g/mol. The van der Waals surface area contributed by atoms with E-state index >= 15 is 0 Å². The first-order chi connectivity index (χ1) is 12.4. The highest BCUT2D eigenvalue weighted by atomic mass is 19.3. The minimum absolute atomic E-state index is 0.0440. The molecule has 1 N–H and O–H groups in total. The third kappa shape index (κ3) is 4.69. The number of nitrogens with zero attached hydrogens (tertiary/aromatic N) is 2. The summed E-state index contributed by atoms with van der Waals surface area (Å²) >= 11 is 0. The van der Waals surface area contributed by atoms with Crippen LogP contribution >= 0.6 is 0 Å². The Morgan fingerprint density at radius 2 is 1.73 bits per heavy atom. The molecule has 2 amide bonds. The van der Waals surface area contributed by atoms with E-state index in [1.807, 2.05) is 16.7 Å². The zero-order chi connectivity index (χ0) is 18.7. The summed E-state index contributed by atoms with van der Waals surface area (Å²) in [5.41, 5.74) is 0.519. The third-order valence-electron chi connectivity index (χ3n) is 4.83. The molecule has 0 radical (unpaired) electrons. The number of benzene rings is 1. The van der Waals surface area contributed by atoms with Crippen molar-refractivity contribution in [3.8, 4) is 5.75 Å². The number of amides is 2. The van der Waals surface area contributed by atoms with Crippen LogP contribution in [0, 0.1) is 5.92 Å². The Morgan fingerprint density at radius 1 is 1.12 bits per heavy atom. The molecule has 8 heteroatoms. The molecule has 6 nitrogen and oxygen atoms in total. The lowest BCUT2D eigenvalue weighted by atomic mass is 10.2. The molecular formula is C18H23F2N3O3. The number of hydrogen-bond donors (Lipinski definition) is 1. The Morgan fingerprint density at radius 3 is 2.27 bits per heavy atom. The predicted octanol–water partition coefficient (Wildman–Crippen LogP) is 2.17. The van der Waals surface area contributed by atoms with Crippen LogP contribution in [0.2, 0.25) is 0 Å². The van der Waals surface area contributed by atoms with Crippen molar-refractivity contribution in [3.05, 3.63) is 24.3 Å². The predicted molar refractivity (Wildman–Crippen MR) is 92.0 cm³/mol. The lowest BCUT2D eigenvalue weighted by Crippen LogP contribution is -2.54. The summed E-state index contributed by atoms with van der Waals surface area (Å²) in [7, 11) is 0. The van der Waals surface area contributed by atoms with Gasteiger partial charge in [0.1, 0.15) is 5.75 Å². The van der Waals surface area contributed by atoms with Gasteiger partial charge in [0, 0.05) is 37.8 Å². The zero-order valence-electron chi connectivity index (χ0n) is 14.7. The molecule has 1 atom stereocenters. The molecule has 0 bridgehead atoms. The highest BCUT2D eigenvalue weighted by Gasteiger charge is 2.35. The van der Waals surface area contributed by atoms with Crippen molar-refractivity contribution in [2.24, 2.45) is 5.92 Å². The Bertz CT molecular complexity index is 642. The van der Waals surface area contributed by atoms with Crippen LogP contribution in [-0.4, -0.2) is 60.4 Å². The molecule has 0 unspecified atom stereocenters. The zero-order valence-corrected chi connectivity index (χ0v) is 14.7. The van der Waals surface area contributed by atoms with Crippen LogP contribution in [-0.2, 0) is 9.59 Å². The van der Waals surface area contributed by atoms with Gasteiger partial charge in [0.2, 0.25) is 11.8 Å². The molecule has 26 heavy (non-hydrogen) atoms. The molecule has 0 spiro atoms. The van der Waals surface area contributed by atoms with Gasteiger partial charge in [-0.1, -0.05) is 0 Å². The van der Waals surface area contributed by atoms with Crippen molar-refractivity contribution in [1.82, 2.24) is 9.80 Å². The van der Waals surface area contributed by atoms with Crippen molar-refractivity contribution >= 4 is 17.5 Å². The number of piperazine rings is 1. The van der Waals surface area contributed by atoms with E-state index in [0.717, 1.165) is 12.8 Å². The maximum Gasteiger partial charge on any atom is 0.387 e. The normalized spacial score (nSPS) is 19.3. The Labute approximate surface area is 151 Å². The van der Waals surface area contributed by atoms with Gasteiger partial charge in [0.15, 0.2) is 0 Å². The number of alkyl halides is 2. The van der Waals surface area contributed by atoms with E-state index in [2.05, 4.69) is 10.1 Å². The second-order valence-corrected chi connectivity index (χ2v) is 6.70. The average Bonchev–Trinajstić information content (AvgIpc) is 3.47. The van der Waals surface area contributed by atoms with Crippen molar-refractivity contribution in [2.75, 3.05) is 31.5 Å². The first kappa shape index (κ1) is 18.6. The molecule has 0 aromatic heterocycles. The van der Waals surface area contributed by atoms with Gasteiger partial charge in [-0.05, 0) is 44.0 Å². The molecule has 1 aliphatic heterocycles. The Balaban J connectivity index is 1.47. The summed E-state index contributed by atoms with van der Waals surface area (Å²) in [6.45, 7) is 1.56. The molecule has 2 aliphatic rings. The number of ether oxygens (including phenoxy) is 1. The van der Waals surface area contributed by atoms with Gasteiger partial charge >= 0.3 is 6.61 Å². The van der Waals surface area contributed by atoms with E-state index in [0.29, 0.717) is 31.9 Å². The molecule has 142 valence electrons. The fourth-order valence-corrected chi connectivity index (χ4v) is 3.05. The number of carbonyl (C=O) groups excluding carboxylic acids is 2. The van der Waals surface area contributed by atoms with Gasteiger partial charge in [-0.2, -0.15) is 8.78 Å². The minimum atomic E-state index is -2.87. The second kappa shape index (κ2) is 7.99. The van der Waals surface area contributed by atoms with Gasteiger partial charge in [-0.3, -0.25) is 14.5 Å². The number of carbonyl (C=O) groups is 2. The van der Waals surface area contributed by atoms with Crippen LogP contribution in [0.4, 0.5) is 14.5 Å². The molecule has 1 aliphatic carbocycles. The fraction of sp³-hybridized carbons (Fsp3) is 0.556. The maximum absolute atomic E-state index is 12.4. The highest BCUT2D eigenvalue weighted by molar-refractivity contribution is 5.94. The van der Waals surface area contributed by atoms with Gasteiger partial charge < -0.3 is 15.0 Å². The molecule has 1 aromatic rings. The quantitative estimate of drug-likeness (QED) is 0.837. The van der Waals surface area contributed by atoms with Crippen LogP contribution in [0.15, 0.2) is 24.3 Å². The number of anilines is 1. The van der Waals surface area contributed by atoms with E-state index in [-0.39, 0.29) is 29.5 Å². The van der Waals surface area contributed by atoms with Gasteiger partial charge in [0.25, 0.3) is 0 Å². The van der Waals surface area contributed by atoms with Crippen molar-refractivity contribution in [2.45, 2.75) is 32.4 Å². The van der Waals surface area contributed by atoms with Crippen molar-refractivity contribution < 1.29 is 23.1 Å². The first-order valence-corrected chi connectivity index (χ1v) is 8.82. The van der Waals surface area contributed by atoms with Crippen LogP contribution in [0.1, 0.15) is 19.8 Å². The largest absolute Gasteiger partial charge is 0.435 e. The van der Waals surface area contributed by atoms with E-state index in [1.165, 1.54) is 24.3 Å². The number of hydrogen-bond acceptors (Lipinski definition) is 4. The van der Waals surface area contributed by atoms with E-state index < -0.39 is 6.61 Å².